The molecule has 0 atom stereocenters. The minimum atomic E-state index is 0.0597. The van der Waals surface area contributed by atoms with E-state index < -0.39 is 0 Å². The lowest BCUT2D eigenvalue weighted by atomic mass is 10.1. The van der Waals surface area contributed by atoms with Crippen LogP contribution in [0.3, 0.4) is 0 Å². The van der Waals surface area contributed by atoms with Gasteiger partial charge in [-0.3, -0.25) is 4.79 Å². The molecule has 1 aliphatic rings. The zero-order valence-corrected chi connectivity index (χ0v) is 18.6. The minimum Gasteiger partial charge on any atom is -0.490 e. The van der Waals surface area contributed by atoms with Gasteiger partial charge in [0.2, 0.25) is 0 Å². The second kappa shape index (κ2) is 11.2. The molecule has 0 saturated heterocycles. The van der Waals surface area contributed by atoms with Gasteiger partial charge < -0.3 is 25.0 Å². The summed E-state index contributed by atoms with van der Waals surface area (Å²) in [5, 5.41) is 6.58. The fourth-order valence-electron chi connectivity index (χ4n) is 3.30. The largest absolute Gasteiger partial charge is 0.490 e. The van der Waals surface area contributed by atoms with Crippen LogP contribution in [-0.2, 0) is 6.54 Å². The van der Waals surface area contributed by atoms with E-state index in [9.17, 15) is 4.79 Å². The number of rotatable bonds is 7. The highest BCUT2D eigenvalue weighted by atomic mass is 16.5. The van der Waals surface area contributed by atoms with Crippen molar-refractivity contribution < 1.29 is 14.3 Å². The number of hydrogen-bond acceptors (Lipinski definition) is 4. The lowest BCUT2D eigenvalue weighted by Gasteiger charge is -2.18. The van der Waals surface area contributed by atoms with Crippen LogP contribution in [0.5, 0.6) is 11.5 Å². The van der Waals surface area contributed by atoms with Crippen LogP contribution in [0.4, 0.5) is 5.69 Å². The number of carbonyl (C=O) groups is 1. The Morgan fingerprint density at radius 1 is 1.00 bits per heavy atom. The molecule has 0 aliphatic carbocycles. The lowest BCUT2D eigenvalue weighted by Crippen LogP contribution is -2.30. The molecule has 0 radical (unpaired) electrons. The van der Waals surface area contributed by atoms with Crippen LogP contribution in [0.15, 0.2) is 47.5 Å². The number of nitrogens with zero attached hydrogens (tertiary/aromatic N) is 2. The zero-order valence-electron chi connectivity index (χ0n) is 18.6. The second-order valence-corrected chi connectivity index (χ2v) is 7.21. The molecule has 0 unspecified atom stereocenters. The summed E-state index contributed by atoms with van der Waals surface area (Å²) in [5.74, 6) is 2.25. The van der Waals surface area contributed by atoms with E-state index in [1.54, 1.807) is 0 Å². The molecule has 0 fully saturated rings. The lowest BCUT2D eigenvalue weighted by molar-refractivity contribution is 0.0773. The molecule has 3 rings (SSSR count). The van der Waals surface area contributed by atoms with Crippen molar-refractivity contribution in [3.8, 4) is 11.5 Å². The molecule has 7 nitrogen and oxygen atoms in total. The van der Waals surface area contributed by atoms with Crippen LogP contribution in [0.1, 0.15) is 43.1 Å². The fourth-order valence-corrected chi connectivity index (χ4v) is 3.30. The third kappa shape index (κ3) is 6.13. The average molecular weight is 425 g/mol. The SMILES string of the molecule is CCNC(=NCc1ccc(C(=O)N(CC)CC)cc1)Nc1ccc2c(c1)OCCCO2. The predicted octanol–water partition coefficient (Wildman–Crippen LogP) is 3.91. The highest BCUT2D eigenvalue weighted by molar-refractivity contribution is 5.94. The number of benzene rings is 2. The highest BCUT2D eigenvalue weighted by Gasteiger charge is 2.13. The van der Waals surface area contributed by atoms with E-state index in [1.807, 2.05) is 68.1 Å². The molecule has 0 bridgehead atoms. The van der Waals surface area contributed by atoms with Gasteiger partial charge in [-0.25, -0.2) is 4.99 Å². The number of ether oxygens (including phenoxy) is 2. The summed E-state index contributed by atoms with van der Waals surface area (Å²) in [6, 6.07) is 13.5. The van der Waals surface area contributed by atoms with Crippen LogP contribution >= 0.6 is 0 Å². The molecule has 1 aliphatic heterocycles. The highest BCUT2D eigenvalue weighted by Crippen LogP contribution is 2.32. The van der Waals surface area contributed by atoms with E-state index in [-0.39, 0.29) is 5.91 Å². The monoisotopic (exact) mass is 424 g/mol. The third-order valence-corrected chi connectivity index (χ3v) is 5.03. The number of fused-ring (bicyclic) bond motifs is 1. The van der Waals surface area contributed by atoms with Crippen LogP contribution in [-0.4, -0.2) is 49.6 Å². The van der Waals surface area contributed by atoms with Crippen molar-refractivity contribution in [2.75, 3.05) is 38.2 Å². The maximum Gasteiger partial charge on any atom is 0.253 e. The summed E-state index contributed by atoms with van der Waals surface area (Å²) < 4.78 is 11.5. The molecule has 31 heavy (non-hydrogen) atoms. The summed E-state index contributed by atoms with van der Waals surface area (Å²) >= 11 is 0. The molecule has 0 saturated carbocycles. The molecule has 7 heteroatoms. The first-order valence-electron chi connectivity index (χ1n) is 11.0. The first-order valence-corrected chi connectivity index (χ1v) is 11.0. The van der Waals surface area contributed by atoms with Gasteiger partial charge >= 0.3 is 0 Å². The molecule has 2 aromatic rings. The van der Waals surface area contributed by atoms with Crippen LogP contribution in [0.25, 0.3) is 0 Å². The van der Waals surface area contributed by atoms with Gasteiger partial charge in [-0.15, -0.1) is 0 Å². The Bertz CT molecular complexity index is 892. The Morgan fingerprint density at radius 2 is 1.71 bits per heavy atom. The molecule has 2 aromatic carbocycles. The van der Waals surface area contributed by atoms with Crippen LogP contribution < -0.4 is 20.1 Å². The number of aliphatic imine (C=N–C) groups is 1. The maximum absolute atomic E-state index is 12.5. The van der Waals surface area contributed by atoms with E-state index in [0.717, 1.165) is 35.7 Å². The summed E-state index contributed by atoms with van der Waals surface area (Å²) in [7, 11) is 0. The van der Waals surface area contributed by atoms with Crippen molar-refractivity contribution in [1.82, 2.24) is 10.2 Å². The van der Waals surface area contributed by atoms with Gasteiger partial charge in [0, 0.05) is 43.4 Å². The van der Waals surface area contributed by atoms with Crippen LogP contribution in [0.2, 0.25) is 0 Å². The number of hydrogen-bond donors (Lipinski definition) is 2. The molecular formula is C24H32N4O3. The van der Waals surface area contributed by atoms with Crippen molar-refractivity contribution >= 4 is 17.6 Å². The topological polar surface area (TPSA) is 75.2 Å². The van der Waals surface area contributed by atoms with Gasteiger partial charge in [0.05, 0.1) is 19.8 Å². The molecule has 1 heterocycles. The molecule has 1 amide bonds. The Balaban J connectivity index is 1.67. The van der Waals surface area contributed by atoms with Gasteiger partial charge in [0.15, 0.2) is 17.5 Å². The summed E-state index contributed by atoms with van der Waals surface area (Å²) in [5.41, 5.74) is 2.62. The van der Waals surface area contributed by atoms with Gasteiger partial charge in [-0.1, -0.05) is 12.1 Å². The Kier molecular flexibility index (Phi) is 8.15. The summed E-state index contributed by atoms with van der Waals surface area (Å²) in [6.07, 6.45) is 0.876. The van der Waals surface area contributed by atoms with Gasteiger partial charge in [0.1, 0.15) is 0 Å². The molecule has 0 aromatic heterocycles. The summed E-state index contributed by atoms with van der Waals surface area (Å²) in [4.78, 5) is 18.9. The Morgan fingerprint density at radius 3 is 2.39 bits per heavy atom. The van der Waals surface area contributed by atoms with Crippen molar-refractivity contribution in [1.29, 1.82) is 0 Å². The smallest absolute Gasteiger partial charge is 0.253 e. The van der Waals surface area contributed by atoms with Crippen molar-refractivity contribution in [2.45, 2.75) is 33.7 Å². The minimum absolute atomic E-state index is 0.0597. The number of guanidine groups is 1. The summed E-state index contributed by atoms with van der Waals surface area (Å²) in [6.45, 7) is 9.98. The van der Waals surface area contributed by atoms with E-state index in [0.29, 0.717) is 44.4 Å². The van der Waals surface area contributed by atoms with E-state index in [1.165, 1.54) is 0 Å². The Labute approximate surface area is 184 Å². The van der Waals surface area contributed by atoms with Gasteiger partial charge in [-0.05, 0) is 50.6 Å². The number of nitrogens with one attached hydrogen (secondary N) is 2. The van der Waals surface area contributed by atoms with Crippen molar-refractivity contribution in [3.63, 3.8) is 0 Å². The Hall–Kier alpha value is -3.22. The van der Waals surface area contributed by atoms with Gasteiger partial charge in [0.25, 0.3) is 5.91 Å². The standard InChI is InChI=1S/C24H32N4O3/c1-4-25-24(27-20-12-13-21-22(16-20)31-15-7-14-30-21)26-17-18-8-10-19(11-9-18)23(29)28(5-2)6-3/h8-13,16H,4-7,14-15,17H2,1-3H3,(H2,25,26,27). The molecule has 166 valence electrons. The van der Waals surface area contributed by atoms with E-state index in [4.69, 9.17) is 9.47 Å². The quantitative estimate of drug-likeness (QED) is 0.521. The molecule has 2 N–H and O–H groups in total. The van der Waals surface area contributed by atoms with E-state index in [2.05, 4.69) is 15.6 Å². The molecule has 0 spiro atoms. The normalized spacial score (nSPS) is 13.3. The number of carbonyl (C=O) groups excluding carboxylic acids is 1. The van der Waals surface area contributed by atoms with Crippen LogP contribution in [0, 0.1) is 0 Å². The maximum atomic E-state index is 12.5. The second-order valence-electron chi connectivity index (χ2n) is 7.21. The predicted molar refractivity (Wildman–Crippen MR) is 124 cm³/mol. The number of anilines is 1. The third-order valence-electron chi connectivity index (χ3n) is 5.03. The first-order chi connectivity index (χ1) is 15.1. The number of amides is 1. The first kappa shape index (κ1) is 22.5. The van der Waals surface area contributed by atoms with Gasteiger partial charge in [-0.2, -0.15) is 0 Å². The zero-order chi connectivity index (χ0) is 22.1. The van der Waals surface area contributed by atoms with Crippen molar-refractivity contribution in [3.05, 3.63) is 53.6 Å². The average Bonchev–Trinajstić information content (AvgIpc) is 3.04. The van der Waals surface area contributed by atoms with Crippen molar-refractivity contribution in [2.24, 2.45) is 4.99 Å². The molecular weight excluding hydrogens is 392 g/mol. The van der Waals surface area contributed by atoms with E-state index >= 15 is 0 Å². The fraction of sp³-hybridized carbons (Fsp3) is 0.417.